The van der Waals surface area contributed by atoms with Gasteiger partial charge in [-0.1, -0.05) is 65.0 Å². The number of thioether (sulfide) groups is 1. The van der Waals surface area contributed by atoms with Gasteiger partial charge >= 0.3 is 6.09 Å². The van der Waals surface area contributed by atoms with Crippen molar-refractivity contribution in [2.45, 2.75) is 98.2 Å². The smallest absolute Gasteiger partial charge is 0.408 e. The molecule has 12 heteroatoms. The molecule has 0 fully saturated rings. The number of rotatable bonds is 21. The Bertz CT molecular complexity index is 1190. The Hall–Kier alpha value is -3.48. The zero-order valence-electron chi connectivity index (χ0n) is 29.6. The van der Waals surface area contributed by atoms with Gasteiger partial charge in [0.1, 0.15) is 12.6 Å². The van der Waals surface area contributed by atoms with Crippen molar-refractivity contribution < 1.29 is 29.0 Å². The SMILES string of the molecule is CSC[C@H](NC(=O)OCc1ccncc1)C(=O)CN[C@@H](CC(C)C)[C@@H](O)C[C@@H](C)C(=O)N[C@H](C)CC(C)C.O=CNCc1ccccc1. The number of hydrogen-bond donors (Lipinski definition) is 5. The Kier molecular flexibility index (Phi) is 21.8. The molecule has 0 aliphatic carbocycles. The minimum atomic E-state index is -0.802. The molecule has 0 saturated heterocycles. The molecule has 1 aromatic heterocycles. The van der Waals surface area contributed by atoms with Crippen LogP contribution in [0, 0.1) is 17.8 Å². The van der Waals surface area contributed by atoms with Gasteiger partial charge in [0.15, 0.2) is 5.78 Å². The highest BCUT2D eigenvalue weighted by molar-refractivity contribution is 7.98. The minimum absolute atomic E-state index is 0.0176. The predicted octanol–water partition coefficient (Wildman–Crippen LogP) is 4.48. The number of aliphatic hydroxyl groups excluding tert-OH is 1. The Morgan fingerprint density at radius 2 is 1.54 bits per heavy atom. The van der Waals surface area contributed by atoms with Crippen LogP contribution >= 0.6 is 11.8 Å². The van der Waals surface area contributed by atoms with E-state index in [2.05, 4.69) is 40.1 Å². The first-order chi connectivity index (χ1) is 22.9. The summed E-state index contributed by atoms with van der Waals surface area (Å²) in [5.74, 6) is 0.508. The van der Waals surface area contributed by atoms with Crippen LogP contribution in [0.5, 0.6) is 0 Å². The molecule has 3 amide bonds. The van der Waals surface area contributed by atoms with Gasteiger partial charge in [-0.3, -0.25) is 19.4 Å². The van der Waals surface area contributed by atoms with Gasteiger partial charge in [-0.05, 0) is 67.5 Å². The van der Waals surface area contributed by atoms with Crippen LogP contribution in [0.4, 0.5) is 4.79 Å². The summed E-state index contributed by atoms with van der Waals surface area (Å²) in [5, 5.41) is 22.4. The van der Waals surface area contributed by atoms with Crippen LogP contribution in [0.3, 0.4) is 0 Å². The molecule has 1 heterocycles. The van der Waals surface area contributed by atoms with Crippen LogP contribution in [-0.4, -0.2) is 77.1 Å². The molecule has 0 bridgehead atoms. The molecule has 5 N–H and O–H groups in total. The second kappa shape index (κ2) is 24.6. The normalized spacial score (nSPS) is 14.0. The second-order valence-electron chi connectivity index (χ2n) is 12.9. The molecule has 0 aliphatic rings. The zero-order chi connectivity index (χ0) is 35.9. The average molecular weight is 688 g/mol. The third-order valence-corrected chi connectivity index (χ3v) is 8.02. The summed E-state index contributed by atoms with van der Waals surface area (Å²) < 4.78 is 5.25. The van der Waals surface area contributed by atoms with Gasteiger partial charge in [0.25, 0.3) is 0 Å². The topological polar surface area (TPSA) is 159 Å². The van der Waals surface area contributed by atoms with E-state index in [1.165, 1.54) is 11.8 Å². The number of amides is 3. The maximum Gasteiger partial charge on any atom is 0.408 e. The van der Waals surface area contributed by atoms with Crippen LogP contribution < -0.4 is 21.3 Å². The molecule has 11 nitrogen and oxygen atoms in total. The number of ether oxygens (including phenoxy) is 1. The van der Waals surface area contributed by atoms with Crippen molar-refractivity contribution in [3.8, 4) is 0 Å². The molecule has 0 saturated carbocycles. The fraction of sp³-hybridized carbons (Fsp3) is 0.583. The highest BCUT2D eigenvalue weighted by Crippen LogP contribution is 2.16. The van der Waals surface area contributed by atoms with E-state index < -0.39 is 18.2 Å². The molecule has 1 aromatic carbocycles. The quantitative estimate of drug-likeness (QED) is 0.119. The van der Waals surface area contributed by atoms with E-state index >= 15 is 0 Å². The molecule has 2 rings (SSSR count). The predicted molar refractivity (Wildman–Crippen MR) is 192 cm³/mol. The molecule has 0 radical (unpaired) electrons. The maximum absolute atomic E-state index is 13.0. The summed E-state index contributed by atoms with van der Waals surface area (Å²) in [5.41, 5.74) is 1.92. The van der Waals surface area contributed by atoms with Crippen LogP contribution in [0.25, 0.3) is 0 Å². The number of aromatic nitrogens is 1. The number of pyridine rings is 1. The van der Waals surface area contributed by atoms with Gasteiger partial charge in [0, 0.05) is 42.7 Å². The van der Waals surface area contributed by atoms with Crippen LogP contribution in [-0.2, 0) is 32.3 Å². The van der Waals surface area contributed by atoms with Gasteiger partial charge in [-0.15, -0.1) is 0 Å². The van der Waals surface area contributed by atoms with Crippen LogP contribution in [0.2, 0.25) is 0 Å². The number of ketones is 1. The summed E-state index contributed by atoms with van der Waals surface area (Å²) in [6.45, 7) is 12.8. The number of carbonyl (C=O) groups excluding carboxylic acids is 4. The van der Waals surface area contributed by atoms with E-state index in [1.54, 1.807) is 24.5 Å². The van der Waals surface area contributed by atoms with Gasteiger partial charge in [0.2, 0.25) is 12.3 Å². The van der Waals surface area contributed by atoms with Crippen molar-refractivity contribution in [1.29, 1.82) is 0 Å². The number of carbonyl (C=O) groups is 4. The van der Waals surface area contributed by atoms with Crippen molar-refractivity contribution >= 4 is 36.0 Å². The largest absolute Gasteiger partial charge is 0.445 e. The zero-order valence-corrected chi connectivity index (χ0v) is 30.4. The summed E-state index contributed by atoms with van der Waals surface area (Å²) in [6, 6.07) is 12.3. The maximum atomic E-state index is 13.0. The number of Topliss-reactive ketones (excluding diaryl/α,β-unsaturated/α-hetero) is 1. The molecule has 5 atom stereocenters. The lowest BCUT2D eigenvalue weighted by Crippen LogP contribution is -2.50. The summed E-state index contributed by atoms with van der Waals surface area (Å²) in [6.07, 6.45) is 6.14. The summed E-state index contributed by atoms with van der Waals surface area (Å²) >= 11 is 1.44. The molecule has 0 aliphatic heterocycles. The number of hydrogen-bond acceptors (Lipinski definition) is 9. The van der Waals surface area contributed by atoms with E-state index in [4.69, 9.17) is 4.74 Å². The number of benzene rings is 1. The van der Waals surface area contributed by atoms with E-state index in [0.717, 1.165) is 17.5 Å². The third-order valence-electron chi connectivity index (χ3n) is 7.35. The van der Waals surface area contributed by atoms with E-state index in [1.807, 2.05) is 64.3 Å². The summed E-state index contributed by atoms with van der Waals surface area (Å²) in [7, 11) is 0. The molecule has 268 valence electrons. The molecular weight excluding hydrogens is 630 g/mol. The van der Waals surface area contributed by atoms with Gasteiger partial charge in [-0.25, -0.2) is 4.79 Å². The Labute approximate surface area is 291 Å². The highest BCUT2D eigenvalue weighted by Gasteiger charge is 2.28. The van der Waals surface area contributed by atoms with E-state index in [-0.39, 0.29) is 55.2 Å². The van der Waals surface area contributed by atoms with Crippen molar-refractivity contribution in [2.75, 3.05) is 18.6 Å². The van der Waals surface area contributed by atoms with Crippen molar-refractivity contribution in [1.82, 2.24) is 26.3 Å². The Balaban J connectivity index is 0.000000975. The van der Waals surface area contributed by atoms with Gasteiger partial charge in [0.05, 0.1) is 12.6 Å². The van der Waals surface area contributed by atoms with Gasteiger partial charge < -0.3 is 31.1 Å². The monoisotopic (exact) mass is 687 g/mol. The van der Waals surface area contributed by atoms with E-state index in [9.17, 15) is 24.3 Å². The first-order valence-electron chi connectivity index (χ1n) is 16.6. The minimum Gasteiger partial charge on any atom is -0.445 e. The molecule has 2 aromatic rings. The second-order valence-corrected chi connectivity index (χ2v) is 13.8. The third kappa shape index (κ3) is 19.4. The molecule has 0 unspecified atom stereocenters. The van der Waals surface area contributed by atoms with Gasteiger partial charge in [-0.2, -0.15) is 11.8 Å². The number of alkyl carbamates (subject to hydrolysis) is 1. The number of nitrogens with one attached hydrogen (secondary N) is 4. The molecule has 48 heavy (non-hydrogen) atoms. The molecular formula is C36H57N5O6S. The molecule has 0 spiro atoms. The first kappa shape index (κ1) is 42.5. The highest BCUT2D eigenvalue weighted by atomic mass is 32.2. The van der Waals surface area contributed by atoms with Crippen LogP contribution in [0.1, 0.15) is 71.9 Å². The lowest BCUT2D eigenvalue weighted by atomic mass is 9.92. The number of aliphatic hydroxyl groups is 1. The Morgan fingerprint density at radius 1 is 0.896 bits per heavy atom. The summed E-state index contributed by atoms with van der Waals surface area (Å²) in [4.78, 5) is 51.7. The van der Waals surface area contributed by atoms with Crippen LogP contribution in [0.15, 0.2) is 54.9 Å². The number of nitrogens with zero attached hydrogens (tertiary/aromatic N) is 1. The van der Waals surface area contributed by atoms with Crippen molar-refractivity contribution in [3.63, 3.8) is 0 Å². The lowest BCUT2D eigenvalue weighted by Gasteiger charge is -2.28. The fourth-order valence-electron chi connectivity index (χ4n) is 4.97. The Morgan fingerprint density at radius 3 is 2.12 bits per heavy atom. The average Bonchev–Trinajstić information content (AvgIpc) is 3.05. The fourth-order valence-corrected chi connectivity index (χ4v) is 5.58. The first-order valence-corrected chi connectivity index (χ1v) is 18.0. The standard InChI is InChI=1S/C28H48N4O5S.C8H9NO/c1-18(2)12-21(6)31-27(35)20(5)14-25(33)23(13-19(3)4)30-15-26(34)24(17-38-7)32-28(36)37-16-22-8-10-29-11-9-22;10-7-9-6-8-4-2-1-3-5-8/h8-11,18-21,23-25,30,33H,12-17H2,1-7H3,(H,31,35)(H,32,36);1-5,7H,6H2,(H,9,10)/t20-,21-,23+,24+,25+;/m1./s1. The lowest BCUT2D eigenvalue weighted by molar-refractivity contribution is -0.126. The van der Waals surface area contributed by atoms with Crippen molar-refractivity contribution in [2.24, 2.45) is 17.8 Å². The van der Waals surface area contributed by atoms with Crippen molar-refractivity contribution in [3.05, 3.63) is 66.0 Å². The van der Waals surface area contributed by atoms with E-state index in [0.29, 0.717) is 31.0 Å².